The summed E-state index contributed by atoms with van der Waals surface area (Å²) in [7, 11) is 0. The van der Waals surface area contributed by atoms with Gasteiger partial charge in [0, 0.05) is 0 Å². The van der Waals surface area contributed by atoms with Gasteiger partial charge in [-0.25, -0.2) is 0 Å². The van der Waals surface area contributed by atoms with Crippen LogP contribution in [0.25, 0.3) is 0 Å². The van der Waals surface area contributed by atoms with Crippen molar-refractivity contribution in [2.45, 2.75) is 25.8 Å². The molecule has 0 amide bonds. The fraction of sp³-hybridized carbons (Fsp3) is 0.857. The predicted molar refractivity (Wildman–Crippen MR) is 40.1 cm³/mol. The van der Waals surface area contributed by atoms with Gasteiger partial charge in [-0.15, -0.1) is 0 Å². The lowest BCUT2D eigenvalue weighted by Gasteiger charge is -2.18. The molecule has 1 fully saturated rings. The van der Waals surface area contributed by atoms with Crippen LogP contribution in [0.4, 0.5) is 0 Å². The second kappa shape index (κ2) is 3.62. The zero-order valence-electron chi connectivity index (χ0n) is 5.93. The first-order valence-electron chi connectivity index (χ1n) is 3.62. The third kappa shape index (κ3) is 2.14. The van der Waals surface area contributed by atoms with E-state index in [1.165, 1.54) is 12.8 Å². The number of aliphatic imine (C=N–C) groups is 1. The molecule has 0 bridgehead atoms. The summed E-state index contributed by atoms with van der Waals surface area (Å²) in [6, 6.07) is 0.608. The molecule has 0 aromatic heterocycles. The Bertz CT molecular complexity index is 93.1. The first-order valence-corrected chi connectivity index (χ1v) is 3.62. The highest BCUT2D eigenvalue weighted by atomic mass is 14.9. The molecule has 2 nitrogen and oxygen atoms in total. The third-order valence-electron chi connectivity index (χ3n) is 1.67. The average molecular weight is 126 g/mol. The molecule has 9 heavy (non-hydrogen) atoms. The second-order valence-electron chi connectivity index (χ2n) is 2.39. The van der Waals surface area contributed by atoms with Crippen molar-refractivity contribution in [1.82, 2.24) is 5.32 Å². The summed E-state index contributed by atoms with van der Waals surface area (Å²) >= 11 is 0. The molecule has 2 heteroatoms. The van der Waals surface area contributed by atoms with Crippen LogP contribution in [0.3, 0.4) is 0 Å². The Morgan fingerprint density at radius 2 is 2.11 bits per heavy atom. The van der Waals surface area contributed by atoms with Gasteiger partial charge >= 0.3 is 0 Å². The zero-order chi connectivity index (χ0) is 6.53. The van der Waals surface area contributed by atoms with E-state index < -0.39 is 0 Å². The van der Waals surface area contributed by atoms with Crippen molar-refractivity contribution in [3.05, 3.63) is 0 Å². The molecule has 1 heterocycles. The molecule has 0 atom stereocenters. The van der Waals surface area contributed by atoms with Crippen LogP contribution in [0.15, 0.2) is 4.99 Å². The van der Waals surface area contributed by atoms with Crippen LogP contribution in [-0.2, 0) is 0 Å². The maximum Gasteiger partial charge on any atom is 0.0519 e. The fourth-order valence-corrected chi connectivity index (χ4v) is 1.17. The van der Waals surface area contributed by atoms with Gasteiger partial charge in [-0.05, 0) is 39.1 Å². The Hall–Kier alpha value is -0.370. The minimum Gasteiger partial charge on any atom is -0.317 e. The summed E-state index contributed by atoms with van der Waals surface area (Å²) in [6.45, 7) is 4.27. The third-order valence-corrected chi connectivity index (χ3v) is 1.67. The van der Waals surface area contributed by atoms with E-state index in [1.54, 1.807) is 0 Å². The van der Waals surface area contributed by atoms with E-state index in [0.29, 0.717) is 6.04 Å². The normalized spacial score (nSPS) is 23.2. The number of hydrogen-bond donors (Lipinski definition) is 1. The van der Waals surface area contributed by atoms with Gasteiger partial charge in [0.2, 0.25) is 0 Å². The maximum atomic E-state index is 4.32. The number of nitrogens with one attached hydrogen (secondary N) is 1. The predicted octanol–water partition coefficient (Wildman–Crippen LogP) is 0.829. The highest BCUT2D eigenvalue weighted by Gasteiger charge is 2.08. The quantitative estimate of drug-likeness (QED) is 0.517. The molecule has 0 aromatic carbocycles. The molecule has 0 aliphatic carbocycles. The number of rotatable bonds is 1. The summed E-state index contributed by atoms with van der Waals surface area (Å²) < 4.78 is 0. The first kappa shape index (κ1) is 6.75. The summed E-state index contributed by atoms with van der Waals surface area (Å²) in [4.78, 5) is 4.32. The Labute approximate surface area is 56.4 Å². The summed E-state index contributed by atoms with van der Waals surface area (Å²) in [5, 5.41) is 3.30. The smallest absolute Gasteiger partial charge is 0.0519 e. The zero-order valence-corrected chi connectivity index (χ0v) is 5.93. The minimum atomic E-state index is 0.608. The van der Waals surface area contributed by atoms with Crippen LogP contribution in [0.5, 0.6) is 0 Å². The molecule has 1 N–H and O–H groups in total. The molecular weight excluding hydrogens is 112 g/mol. The highest BCUT2D eigenvalue weighted by Crippen LogP contribution is 2.05. The van der Waals surface area contributed by atoms with Gasteiger partial charge < -0.3 is 5.32 Å². The van der Waals surface area contributed by atoms with Gasteiger partial charge in [-0.3, -0.25) is 4.99 Å². The number of nitrogens with zero attached hydrogens (tertiary/aromatic N) is 1. The topological polar surface area (TPSA) is 24.4 Å². The van der Waals surface area contributed by atoms with Crippen molar-refractivity contribution >= 4 is 6.21 Å². The monoisotopic (exact) mass is 126 g/mol. The Balaban J connectivity index is 2.23. The fourth-order valence-electron chi connectivity index (χ4n) is 1.17. The molecule has 0 spiro atoms. The van der Waals surface area contributed by atoms with E-state index in [0.717, 1.165) is 13.1 Å². The number of hydrogen-bond acceptors (Lipinski definition) is 2. The van der Waals surface area contributed by atoms with E-state index in [9.17, 15) is 0 Å². The van der Waals surface area contributed by atoms with Gasteiger partial charge in [0.25, 0.3) is 0 Å². The van der Waals surface area contributed by atoms with Gasteiger partial charge in [-0.1, -0.05) is 0 Å². The molecular formula is C7H14N2. The van der Waals surface area contributed by atoms with Crippen molar-refractivity contribution in [1.29, 1.82) is 0 Å². The van der Waals surface area contributed by atoms with Crippen LogP contribution in [0, 0.1) is 0 Å². The van der Waals surface area contributed by atoms with E-state index in [2.05, 4.69) is 10.3 Å². The minimum absolute atomic E-state index is 0.608. The van der Waals surface area contributed by atoms with Crippen LogP contribution >= 0.6 is 0 Å². The van der Waals surface area contributed by atoms with Gasteiger partial charge in [0.05, 0.1) is 6.04 Å². The SMILES string of the molecule is C/C=N\C1CCNCC1. The van der Waals surface area contributed by atoms with Crippen molar-refractivity contribution in [2.75, 3.05) is 13.1 Å². The lowest BCUT2D eigenvalue weighted by Crippen LogP contribution is -2.29. The van der Waals surface area contributed by atoms with E-state index >= 15 is 0 Å². The molecule has 1 aliphatic heterocycles. The molecule has 1 rings (SSSR count). The molecule has 0 saturated carbocycles. The van der Waals surface area contributed by atoms with E-state index in [1.807, 2.05) is 13.1 Å². The lowest BCUT2D eigenvalue weighted by atomic mass is 10.1. The first-order chi connectivity index (χ1) is 4.43. The summed E-state index contributed by atoms with van der Waals surface area (Å²) in [5.74, 6) is 0. The maximum absolute atomic E-state index is 4.32. The van der Waals surface area contributed by atoms with Crippen molar-refractivity contribution in [3.8, 4) is 0 Å². The largest absolute Gasteiger partial charge is 0.317 e. The van der Waals surface area contributed by atoms with Gasteiger partial charge in [0.1, 0.15) is 0 Å². The average Bonchev–Trinajstić information content (AvgIpc) is 1.91. The van der Waals surface area contributed by atoms with Crippen LogP contribution < -0.4 is 5.32 Å². The van der Waals surface area contributed by atoms with Gasteiger partial charge in [-0.2, -0.15) is 0 Å². The van der Waals surface area contributed by atoms with Crippen LogP contribution in [-0.4, -0.2) is 25.3 Å². The van der Waals surface area contributed by atoms with Gasteiger partial charge in [0.15, 0.2) is 0 Å². The van der Waals surface area contributed by atoms with Crippen LogP contribution in [0.1, 0.15) is 19.8 Å². The lowest BCUT2D eigenvalue weighted by molar-refractivity contribution is 0.460. The van der Waals surface area contributed by atoms with Crippen molar-refractivity contribution in [3.63, 3.8) is 0 Å². The molecule has 1 saturated heterocycles. The molecule has 1 aliphatic rings. The summed E-state index contributed by atoms with van der Waals surface area (Å²) in [6.07, 6.45) is 4.34. The van der Waals surface area contributed by atoms with E-state index in [-0.39, 0.29) is 0 Å². The Morgan fingerprint density at radius 3 is 2.67 bits per heavy atom. The van der Waals surface area contributed by atoms with Crippen molar-refractivity contribution in [2.24, 2.45) is 4.99 Å². The second-order valence-corrected chi connectivity index (χ2v) is 2.39. The standard InChI is InChI=1S/C7H14N2/c1-2-9-7-3-5-8-6-4-7/h2,7-8H,3-6H2,1H3/b9-2-. The van der Waals surface area contributed by atoms with Crippen molar-refractivity contribution < 1.29 is 0 Å². The Kier molecular flexibility index (Phi) is 2.71. The number of piperidine rings is 1. The molecule has 0 unspecified atom stereocenters. The molecule has 0 radical (unpaired) electrons. The molecule has 0 aromatic rings. The highest BCUT2D eigenvalue weighted by molar-refractivity contribution is 5.53. The van der Waals surface area contributed by atoms with E-state index in [4.69, 9.17) is 0 Å². The summed E-state index contributed by atoms with van der Waals surface area (Å²) in [5.41, 5.74) is 0. The Morgan fingerprint density at radius 1 is 1.44 bits per heavy atom. The molecule has 52 valence electrons. The van der Waals surface area contributed by atoms with Crippen LogP contribution in [0.2, 0.25) is 0 Å².